The summed E-state index contributed by atoms with van der Waals surface area (Å²) in [5, 5.41) is 18.0. The third kappa shape index (κ3) is 4.19. The SMILES string of the molecule is Cc1cccc(CN(C)CCc2ccc(C#N)c(C#N)c2)c1. The molecule has 0 bridgehead atoms. The maximum absolute atomic E-state index is 9.06. The van der Waals surface area contributed by atoms with E-state index in [2.05, 4.69) is 49.2 Å². The van der Waals surface area contributed by atoms with Gasteiger partial charge in [-0.25, -0.2) is 0 Å². The van der Waals surface area contributed by atoms with Crippen molar-refractivity contribution >= 4 is 0 Å². The van der Waals surface area contributed by atoms with E-state index in [0.717, 1.165) is 25.1 Å². The third-order valence-corrected chi connectivity index (χ3v) is 3.64. The van der Waals surface area contributed by atoms with Gasteiger partial charge >= 0.3 is 0 Å². The highest BCUT2D eigenvalue weighted by Crippen LogP contribution is 2.12. The average Bonchev–Trinajstić information content (AvgIpc) is 2.52. The van der Waals surface area contributed by atoms with E-state index in [9.17, 15) is 0 Å². The molecule has 0 aliphatic carbocycles. The summed E-state index contributed by atoms with van der Waals surface area (Å²) in [5.74, 6) is 0. The van der Waals surface area contributed by atoms with Gasteiger partial charge in [-0.2, -0.15) is 10.5 Å². The van der Waals surface area contributed by atoms with Gasteiger partial charge in [-0.1, -0.05) is 35.9 Å². The Morgan fingerprint density at radius 3 is 2.41 bits per heavy atom. The third-order valence-electron chi connectivity index (χ3n) is 3.64. The first-order chi connectivity index (χ1) is 10.6. The summed E-state index contributed by atoms with van der Waals surface area (Å²) in [6, 6.07) is 18.1. The maximum Gasteiger partial charge on any atom is 0.101 e. The van der Waals surface area contributed by atoms with Gasteiger partial charge in [-0.3, -0.25) is 0 Å². The highest BCUT2D eigenvalue weighted by Gasteiger charge is 2.05. The van der Waals surface area contributed by atoms with Crippen LogP contribution in [0.5, 0.6) is 0 Å². The average molecular weight is 289 g/mol. The molecule has 2 aromatic rings. The summed E-state index contributed by atoms with van der Waals surface area (Å²) in [7, 11) is 2.09. The molecule has 0 spiro atoms. The molecule has 0 N–H and O–H groups in total. The topological polar surface area (TPSA) is 50.8 Å². The van der Waals surface area contributed by atoms with Crippen LogP contribution in [0.15, 0.2) is 42.5 Å². The zero-order chi connectivity index (χ0) is 15.9. The van der Waals surface area contributed by atoms with Crippen LogP contribution in [0.25, 0.3) is 0 Å². The highest BCUT2D eigenvalue weighted by molar-refractivity contribution is 5.47. The molecule has 0 unspecified atom stereocenters. The Balaban J connectivity index is 1.95. The Morgan fingerprint density at radius 2 is 1.73 bits per heavy atom. The Hall–Kier alpha value is -2.62. The van der Waals surface area contributed by atoms with E-state index in [1.54, 1.807) is 6.07 Å². The van der Waals surface area contributed by atoms with Crippen molar-refractivity contribution in [3.63, 3.8) is 0 Å². The van der Waals surface area contributed by atoms with Crippen molar-refractivity contribution in [1.82, 2.24) is 4.90 Å². The molecule has 0 saturated heterocycles. The molecule has 0 aliphatic rings. The zero-order valence-electron chi connectivity index (χ0n) is 13.0. The van der Waals surface area contributed by atoms with Gasteiger partial charge in [0.2, 0.25) is 0 Å². The Labute approximate surface area is 132 Å². The standard InChI is InChI=1S/C19H19N3/c1-15-4-3-5-17(10-15)14-22(2)9-8-16-6-7-18(12-20)19(11-16)13-21/h3-7,10-11H,8-9,14H2,1-2H3. The molecule has 0 saturated carbocycles. The number of hydrogen-bond acceptors (Lipinski definition) is 3. The van der Waals surface area contributed by atoms with E-state index in [0.29, 0.717) is 11.1 Å². The van der Waals surface area contributed by atoms with Crippen molar-refractivity contribution in [2.75, 3.05) is 13.6 Å². The largest absolute Gasteiger partial charge is 0.302 e. The number of benzene rings is 2. The van der Waals surface area contributed by atoms with E-state index in [1.165, 1.54) is 11.1 Å². The number of nitriles is 2. The molecule has 0 aromatic heterocycles. The van der Waals surface area contributed by atoms with E-state index in [1.807, 2.05) is 18.2 Å². The van der Waals surface area contributed by atoms with Crippen LogP contribution < -0.4 is 0 Å². The molecule has 0 fully saturated rings. The zero-order valence-corrected chi connectivity index (χ0v) is 13.0. The lowest BCUT2D eigenvalue weighted by atomic mass is 10.0. The van der Waals surface area contributed by atoms with Crippen molar-refractivity contribution in [2.45, 2.75) is 19.9 Å². The molecule has 2 rings (SSSR count). The molecule has 0 heterocycles. The highest BCUT2D eigenvalue weighted by atomic mass is 15.1. The molecule has 0 amide bonds. The van der Waals surface area contributed by atoms with Crippen molar-refractivity contribution in [3.05, 3.63) is 70.3 Å². The van der Waals surface area contributed by atoms with E-state index >= 15 is 0 Å². The van der Waals surface area contributed by atoms with E-state index in [-0.39, 0.29) is 0 Å². The fourth-order valence-corrected chi connectivity index (χ4v) is 2.46. The van der Waals surface area contributed by atoms with Gasteiger partial charge in [0.15, 0.2) is 0 Å². The summed E-state index contributed by atoms with van der Waals surface area (Å²) in [4.78, 5) is 2.26. The van der Waals surface area contributed by atoms with Crippen molar-refractivity contribution < 1.29 is 0 Å². The predicted molar refractivity (Wildman–Crippen MR) is 87.1 cm³/mol. The Bertz CT molecular complexity index is 735. The van der Waals surface area contributed by atoms with E-state index in [4.69, 9.17) is 10.5 Å². The quantitative estimate of drug-likeness (QED) is 0.847. The number of rotatable bonds is 5. The van der Waals surface area contributed by atoms with Crippen LogP contribution in [-0.4, -0.2) is 18.5 Å². The lowest BCUT2D eigenvalue weighted by Gasteiger charge is -2.17. The molecule has 3 nitrogen and oxygen atoms in total. The smallest absolute Gasteiger partial charge is 0.101 e. The number of hydrogen-bond donors (Lipinski definition) is 0. The summed E-state index contributed by atoms with van der Waals surface area (Å²) in [5.41, 5.74) is 4.57. The normalized spacial score (nSPS) is 10.2. The van der Waals surface area contributed by atoms with Crippen molar-refractivity contribution in [3.8, 4) is 12.1 Å². The molecule has 0 atom stereocenters. The van der Waals surface area contributed by atoms with Crippen LogP contribution in [0.3, 0.4) is 0 Å². The number of likely N-dealkylation sites (N-methyl/N-ethyl adjacent to an activating group) is 1. The van der Waals surface area contributed by atoms with Gasteiger partial charge in [-0.05, 0) is 43.7 Å². The first-order valence-electron chi connectivity index (χ1n) is 7.29. The monoisotopic (exact) mass is 289 g/mol. The van der Waals surface area contributed by atoms with Gasteiger partial charge in [0.05, 0.1) is 11.1 Å². The molecular formula is C19H19N3. The summed E-state index contributed by atoms with van der Waals surface area (Å²) in [6.45, 7) is 3.91. The lowest BCUT2D eigenvalue weighted by molar-refractivity contribution is 0.331. The summed E-state index contributed by atoms with van der Waals surface area (Å²) < 4.78 is 0. The fourth-order valence-electron chi connectivity index (χ4n) is 2.46. The number of aryl methyl sites for hydroxylation is 1. The first kappa shape index (κ1) is 15.8. The lowest BCUT2D eigenvalue weighted by Crippen LogP contribution is -2.20. The second-order valence-corrected chi connectivity index (χ2v) is 5.58. The van der Waals surface area contributed by atoms with Crippen LogP contribution in [0, 0.1) is 29.6 Å². The molecule has 0 aliphatic heterocycles. The van der Waals surface area contributed by atoms with Gasteiger partial charge in [-0.15, -0.1) is 0 Å². The van der Waals surface area contributed by atoms with E-state index < -0.39 is 0 Å². The fraction of sp³-hybridized carbons (Fsp3) is 0.263. The van der Waals surface area contributed by atoms with Crippen LogP contribution in [0.2, 0.25) is 0 Å². The second-order valence-electron chi connectivity index (χ2n) is 5.58. The van der Waals surface area contributed by atoms with Crippen LogP contribution in [0.4, 0.5) is 0 Å². The van der Waals surface area contributed by atoms with Gasteiger partial charge in [0.1, 0.15) is 12.1 Å². The number of nitrogens with zero attached hydrogens (tertiary/aromatic N) is 3. The molecule has 0 radical (unpaired) electrons. The van der Waals surface area contributed by atoms with Crippen molar-refractivity contribution in [2.24, 2.45) is 0 Å². The van der Waals surface area contributed by atoms with Crippen LogP contribution >= 0.6 is 0 Å². The summed E-state index contributed by atoms with van der Waals surface area (Å²) in [6.07, 6.45) is 0.864. The second kappa shape index (κ2) is 7.41. The molecule has 22 heavy (non-hydrogen) atoms. The molecule has 110 valence electrons. The van der Waals surface area contributed by atoms with Gasteiger partial charge in [0.25, 0.3) is 0 Å². The van der Waals surface area contributed by atoms with Crippen LogP contribution in [-0.2, 0) is 13.0 Å². The van der Waals surface area contributed by atoms with Crippen LogP contribution in [0.1, 0.15) is 27.8 Å². The van der Waals surface area contributed by atoms with Gasteiger partial charge < -0.3 is 4.90 Å². The molecule has 2 aromatic carbocycles. The Morgan fingerprint density at radius 1 is 0.955 bits per heavy atom. The minimum atomic E-state index is 0.444. The summed E-state index contributed by atoms with van der Waals surface area (Å²) >= 11 is 0. The van der Waals surface area contributed by atoms with Crippen molar-refractivity contribution in [1.29, 1.82) is 10.5 Å². The van der Waals surface area contributed by atoms with Gasteiger partial charge in [0, 0.05) is 13.1 Å². The maximum atomic E-state index is 9.06. The Kier molecular flexibility index (Phi) is 5.31. The molecule has 3 heteroatoms. The molecular weight excluding hydrogens is 270 g/mol. The minimum absolute atomic E-state index is 0.444. The first-order valence-corrected chi connectivity index (χ1v) is 7.29. The predicted octanol–water partition coefficient (Wildman–Crippen LogP) is 3.41. The minimum Gasteiger partial charge on any atom is -0.302 e.